The summed E-state index contributed by atoms with van der Waals surface area (Å²) >= 11 is 4.04. The van der Waals surface area contributed by atoms with E-state index in [2.05, 4.69) is 17.6 Å². The Labute approximate surface area is 119 Å². The van der Waals surface area contributed by atoms with Crippen LogP contribution in [0.5, 0.6) is 0 Å². The summed E-state index contributed by atoms with van der Waals surface area (Å²) in [6.07, 6.45) is 0. The first-order chi connectivity index (χ1) is 9.47. The highest BCUT2D eigenvalue weighted by Crippen LogP contribution is 2.38. The number of primary amides is 1. The van der Waals surface area contributed by atoms with Crippen LogP contribution in [0.15, 0.2) is 45.4 Å². The second-order valence-corrected chi connectivity index (χ2v) is 4.50. The topological polar surface area (TPSA) is 104 Å². The Balaban J connectivity index is 2.76. The summed E-state index contributed by atoms with van der Waals surface area (Å²) in [6, 6.07) is 5.77. The normalized spacial score (nSPS) is 18.6. The summed E-state index contributed by atoms with van der Waals surface area (Å²) in [5.41, 5.74) is 11.0. The van der Waals surface area contributed by atoms with Crippen LogP contribution in [0, 0.1) is 5.82 Å². The molecule has 102 valence electrons. The maximum Gasteiger partial charge on any atom is 0.248 e. The minimum atomic E-state index is -0.997. The summed E-state index contributed by atoms with van der Waals surface area (Å²) in [5.74, 6) is -0.641. The average Bonchev–Trinajstić information content (AvgIpc) is 2.38. The van der Waals surface area contributed by atoms with Gasteiger partial charge in [0.05, 0.1) is 11.5 Å². The maximum absolute atomic E-state index is 14.0. The van der Waals surface area contributed by atoms with E-state index in [1.165, 1.54) is 18.2 Å². The lowest BCUT2D eigenvalue weighted by atomic mass is 9.83. The quantitative estimate of drug-likeness (QED) is 0.560. The molecule has 2 rings (SSSR count). The van der Waals surface area contributed by atoms with E-state index in [-0.39, 0.29) is 27.6 Å². The van der Waals surface area contributed by atoms with Gasteiger partial charge in [-0.15, -0.1) is 12.6 Å². The molecule has 0 fully saturated rings. The van der Waals surface area contributed by atoms with E-state index in [0.717, 1.165) is 0 Å². The van der Waals surface area contributed by atoms with Crippen molar-refractivity contribution >= 4 is 30.2 Å². The lowest BCUT2D eigenvalue weighted by molar-refractivity contribution is -0.114. The molecule has 0 aliphatic carbocycles. The number of nitrogens with two attached hydrogens (primary N) is 2. The van der Waals surface area contributed by atoms with Gasteiger partial charge in [-0.1, -0.05) is 18.2 Å². The molecule has 0 aromatic heterocycles. The zero-order valence-corrected chi connectivity index (χ0v) is 11.1. The molecule has 1 unspecified atom stereocenters. The van der Waals surface area contributed by atoms with Crippen LogP contribution in [0.3, 0.4) is 0 Å². The predicted molar refractivity (Wildman–Crippen MR) is 77.8 cm³/mol. The highest BCUT2D eigenvalue weighted by molar-refractivity contribution is 7.84. The number of amides is 1. The van der Waals surface area contributed by atoms with E-state index < -0.39 is 17.6 Å². The molecule has 0 bridgehead atoms. The van der Waals surface area contributed by atoms with Gasteiger partial charge in [-0.2, -0.15) is 0 Å². The van der Waals surface area contributed by atoms with E-state index in [4.69, 9.17) is 11.5 Å². The average molecular weight is 289 g/mol. The van der Waals surface area contributed by atoms with Gasteiger partial charge in [-0.3, -0.25) is 10.7 Å². The standard InChI is InChI=1S/C13H10FN4OS/c14-8-4-2-1-3-6(8)9-7(5-15)11(16)18-13(20)10(9)12(17)19/h1-4,9,20H,(H2,16,18)(H2,17,19)/q-1. The largest absolute Gasteiger partial charge is 0.763 e. The number of hydrogen-bond donors (Lipinski definition) is 3. The third-order valence-electron chi connectivity index (χ3n) is 2.92. The number of thiol groups is 1. The number of benzene rings is 1. The second kappa shape index (κ2) is 5.32. The Morgan fingerprint density at radius 2 is 2.10 bits per heavy atom. The van der Waals surface area contributed by atoms with Gasteiger partial charge >= 0.3 is 0 Å². The highest BCUT2D eigenvalue weighted by atomic mass is 32.1. The van der Waals surface area contributed by atoms with Crippen molar-refractivity contribution in [3.63, 3.8) is 0 Å². The zero-order chi connectivity index (χ0) is 14.9. The third-order valence-corrected chi connectivity index (χ3v) is 3.26. The van der Waals surface area contributed by atoms with Crippen LogP contribution < -0.4 is 11.5 Å². The number of amidine groups is 1. The fourth-order valence-corrected chi connectivity index (χ4v) is 2.40. The highest BCUT2D eigenvalue weighted by Gasteiger charge is 2.33. The van der Waals surface area contributed by atoms with Crippen molar-refractivity contribution in [1.82, 2.24) is 0 Å². The van der Waals surface area contributed by atoms with Crippen molar-refractivity contribution < 1.29 is 9.18 Å². The van der Waals surface area contributed by atoms with Gasteiger partial charge in [0.25, 0.3) is 0 Å². The van der Waals surface area contributed by atoms with E-state index in [0.29, 0.717) is 0 Å². The molecule has 7 heteroatoms. The number of carbonyl (C=O) groups excluding carboxylic acids is 1. The maximum atomic E-state index is 14.0. The molecule has 0 spiro atoms. The zero-order valence-electron chi connectivity index (χ0n) is 10.2. The van der Waals surface area contributed by atoms with E-state index in [1.54, 1.807) is 6.07 Å². The number of rotatable bonds is 2. The molecular formula is C13H10FN4OS-. The van der Waals surface area contributed by atoms with E-state index in [1.807, 2.05) is 5.87 Å². The molecule has 20 heavy (non-hydrogen) atoms. The first-order valence-electron chi connectivity index (χ1n) is 5.56. The Kier molecular flexibility index (Phi) is 3.74. The number of halogens is 1. The van der Waals surface area contributed by atoms with Crippen LogP contribution in [0.1, 0.15) is 11.5 Å². The summed E-state index contributed by atoms with van der Waals surface area (Å²) < 4.78 is 14.0. The molecule has 0 saturated carbocycles. The lowest BCUT2D eigenvalue weighted by Crippen LogP contribution is -2.31. The van der Waals surface area contributed by atoms with Crippen molar-refractivity contribution in [2.75, 3.05) is 0 Å². The number of hydrogen-bond acceptors (Lipinski definition) is 4. The molecule has 4 N–H and O–H groups in total. The molecule has 1 aliphatic heterocycles. The summed E-state index contributed by atoms with van der Waals surface area (Å²) in [4.78, 5) is 15.4. The Morgan fingerprint density at radius 3 is 2.65 bits per heavy atom. The van der Waals surface area contributed by atoms with Gasteiger partial charge in [0.1, 0.15) is 16.7 Å². The minimum Gasteiger partial charge on any atom is -0.763 e. The van der Waals surface area contributed by atoms with Gasteiger partial charge in [0, 0.05) is 11.1 Å². The summed E-state index contributed by atoms with van der Waals surface area (Å²) in [5, 5.41) is 9.19. The van der Waals surface area contributed by atoms with Crippen LogP contribution in [-0.4, -0.2) is 17.6 Å². The van der Waals surface area contributed by atoms with Crippen molar-refractivity contribution in [1.29, 1.82) is 0 Å². The molecule has 0 radical (unpaired) electrons. The first kappa shape index (κ1) is 14.0. The van der Waals surface area contributed by atoms with E-state index in [9.17, 15) is 14.6 Å². The fraction of sp³-hybridized carbons (Fsp3) is 0.0769. The van der Waals surface area contributed by atoms with Crippen molar-refractivity contribution in [3.8, 4) is 0 Å². The van der Waals surface area contributed by atoms with Gasteiger partial charge in [0.2, 0.25) is 5.91 Å². The van der Waals surface area contributed by atoms with Crippen LogP contribution in [0.2, 0.25) is 0 Å². The Morgan fingerprint density at radius 1 is 1.45 bits per heavy atom. The van der Waals surface area contributed by atoms with Crippen LogP contribution >= 0.6 is 12.6 Å². The van der Waals surface area contributed by atoms with Gasteiger partial charge in [-0.25, -0.2) is 9.38 Å². The van der Waals surface area contributed by atoms with E-state index >= 15 is 0 Å². The van der Waals surface area contributed by atoms with Crippen molar-refractivity contribution in [2.45, 2.75) is 5.92 Å². The number of carbonyl (C=O) groups is 1. The molecule has 1 aromatic carbocycles. The Hall–Kier alpha value is -2.37. The molecule has 1 aromatic rings. The number of nitrogens with zero attached hydrogens (tertiary/aromatic N) is 2. The minimum absolute atomic E-state index is 0.0118. The summed E-state index contributed by atoms with van der Waals surface area (Å²) in [6.45, 7) is 0. The first-order valence-corrected chi connectivity index (χ1v) is 6.01. The third kappa shape index (κ3) is 2.24. The molecule has 1 amide bonds. The van der Waals surface area contributed by atoms with Crippen LogP contribution in [0.25, 0.3) is 5.41 Å². The fourth-order valence-electron chi connectivity index (χ4n) is 2.05. The SMILES string of the molecule is [N-]=C=C1C(N)=NC(S)=C(C(N)=O)C1c1ccccc1F. The van der Waals surface area contributed by atoms with Crippen LogP contribution in [-0.2, 0) is 4.79 Å². The Bertz CT molecular complexity index is 704. The lowest BCUT2D eigenvalue weighted by Gasteiger charge is -2.26. The van der Waals surface area contributed by atoms with Crippen molar-refractivity contribution in [2.24, 2.45) is 16.5 Å². The molecule has 1 aliphatic rings. The van der Waals surface area contributed by atoms with Crippen molar-refractivity contribution in [3.05, 3.63) is 57.2 Å². The smallest absolute Gasteiger partial charge is 0.248 e. The molecule has 5 nitrogen and oxygen atoms in total. The molecule has 0 saturated heterocycles. The molecule has 1 heterocycles. The molecular weight excluding hydrogens is 279 g/mol. The second-order valence-electron chi connectivity index (χ2n) is 4.08. The number of aliphatic imine (C=N–C) groups is 1. The van der Waals surface area contributed by atoms with Gasteiger partial charge in [0.15, 0.2) is 0 Å². The van der Waals surface area contributed by atoms with Crippen LogP contribution in [0.4, 0.5) is 4.39 Å². The molecule has 1 atom stereocenters. The predicted octanol–water partition coefficient (Wildman–Crippen LogP) is 1.07. The van der Waals surface area contributed by atoms with Gasteiger partial charge < -0.3 is 16.9 Å². The van der Waals surface area contributed by atoms with Gasteiger partial charge in [-0.05, 0) is 6.07 Å². The monoisotopic (exact) mass is 289 g/mol. The summed E-state index contributed by atoms with van der Waals surface area (Å²) in [7, 11) is 0.